The van der Waals surface area contributed by atoms with Crippen LogP contribution in [0.15, 0.2) is 24.4 Å². The van der Waals surface area contributed by atoms with Gasteiger partial charge in [-0.15, -0.1) is 12.4 Å². The van der Waals surface area contributed by atoms with Crippen LogP contribution in [0.2, 0.25) is 5.02 Å². The number of pyridine rings is 1. The number of nitrogens with zero attached hydrogens (tertiary/aromatic N) is 1. The number of benzene rings is 1. The van der Waals surface area contributed by atoms with Crippen molar-refractivity contribution in [1.29, 1.82) is 0 Å². The van der Waals surface area contributed by atoms with Gasteiger partial charge < -0.3 is 10.6 Å². The van der Waals surface area contributed by atoms with Gasteiger partial charge in [0.05, 0.1) is 11.1 Å². The second-order valence-electron chi connectivity index (χ2n) is 6.52. The van der Waals surface area contributed by atoms with Crippen LogP contribution in [0.25, 0.3) is 10.9 Å². The van der Waals surface area contributed by atoms with Crippen molar-refractivity contribution >= 4 is 46.7 Å². The number of hydrogen-bond acceptors (Lipinski definition) is 3. The molecule has 1 atom stereocenters. The molecule has 1 saturated carbocycles. The van der Waals surface area contributed by atoms with Crippen LogP contribution in [0.4, 0.5) is 0 Å². The van der Waals surface area contributed by atoms with E-state index in [2.05, 4.69) is 15.6 Å². The highest BCUT2D eigenvalue weighted by molar-refractivity contribution is 6.32. The lowest BCUT2D eigenvalue weighted by atomic mass is 10.0. The SMILES string of the molecule is Cl.O=C(N[C@H]1CCCNC1=O)c1cnc2cc(C3CC3)c(Cl)cc2c1. The Morgan fingerprint density at radius 1 is 1.24 bits per heavy atom. The predicted octanol–water partition coefficient (Wildman–Crippen LogP) is 3.20. The third-order valence-electron chi connectivity index (χ3n) is 4.67. The molecule has 1 saturated heterocycles. The lowest BCUT2D eigenvalue weighted by molar-refractivity contribution is -0.124. The summed E-state index contributed by atoms with van der Waals surface area (Å²) in [7, 11) is 0. The topological polar surface area (TPSA) is 71.1 Å². The summed E-state index contributed by atoms with van der Waals surface area (Å²) in [6.07, 6.45) is 5.44. The molecular formula is C18H19Cl2N3O2. The highest BCUT2D eigenvalue weighted by Crippen LogP contribution is 2.44. The smallest absolute Gasteiger partial charge is 0.253 e. The fourth-order valence-electron chi connectivity index (χ4n) is 3.15. The fourth-order valence-corrected chi connectivity index (χ4v) is 3.47. The molecule has 1 aromatic heterocycles. The molecule has 2 amide bonds. The quantitative estimate of drug-likeness (QED) is 0.859. The zero-order chi connectivity index (χ0) is 16.7. The number of amides is 2. The van der Waals surface area contributed by atoms with E-state index in [0.29, 0.717) is 24.4 Å². The third-order valence-corrected chi connectivity index (χ3v) is 5.00. The second kappa shape index (κ2) is 7.18. The first-order chi connectivity index (χ1) is 11.6. The van der Waals surface area contributed by atoms with Crippen LogP contribution >= 0.6 is 24.0 Å². The van der Waals surface area contributed by atoms with Crippen molar-refractivity contribution < 1.29 is 9.59 Å². The number of halogens is 2. The summed E-state index contributed by atoms with van der Waals surface area (Å²) >= 11 is 6.36. The molecule has 2 heterocycles. The standard InChI is InChI=1S/C18H18ClN3O2.ClH/c19-14-7-11-6-12(9-21-16(11)8-13(14)10-3-4-10)17(23)22-15-2-1-5-20-18(15)24;/h6-10,15H,1-5H2,(H,20,24)(H,22,23);1H/t15-;/m0./s1. The number of carbonyl (C=O) groups excluding carboxylic acids is 2. The van der Waals surface area contributed by atoms with Gasteiger partial charge in [-0.3, -0.25) is 14.6 Å². The van der Waals surface area contributed by atoms with Gasteiger partial charge in [-0.1, -0.05) is 11.6 Å². The summed E-state index contributed by atoms with van der Waals surface area (Å²) in [5, 5.41) is 7.11. The van der Waals surface area contributed by atoms with Gasteiger partial charge in [-0.05, 0) is 55.4 Å². The normalized spacial score (nSPS) is 19.9. The lowest BCUT2D eigenvalue weighted by Crippen LogP contribution is -2.50. The van der Waals surface area contributed by atoms with Crippen LogP contribution in [-0.2, 0) is 4.79 Å². The molecule has 2 fully saturated rings. The first-order valence-electron chi connectivity index (χ1n) is 8.29. The average Bonchev–Trinajstić information content (AvgIpc) is 3.40. The predicted molar refractivity (Wildman–Crippen MR) is 99.5 cm³/mol. The molecule has 1 aliphatic carbocycles. The van der Waals surface area contributed by atoms with Gasteiger partial charge in [0.25, 0.3) is 5.91 Å². The Bertz CT molecular complexity index is 836. The van der Waals surface area contributed by atoms with Crippen LogP contribution in [-0.4, -0.2) is 29.4 Å². The van der Waals surface area contributed by atoms with Gasteiger partial charge in [0.15, 0.2) is 0 Å². The Morgan fingerprint density at radius 2 is 2.04 bits per heavy atom. The first-order valence-corrected chi connectivity index (χ1v) is 8.67. The van der Waals surface area contributed by atoms with Crippen molar-refractivity contribution in [3.63, 3.8) is 0 Å². The van der Waals surface area contributed by atoms with E-state index >= 15 is 0 Å². The molecule has 1 aromatic carbocycles. The molecule has 1 aliphatic heterocycles. The number of carbonyl (C=O) groups is 2. The van der Waals surface area contributed by atoms with Gasteiger partial charge in [-0.2, -0.15) is 0 Å². The number of rotatable bonds is 3. The molecule has 0 radical (unpaired) electrons. The molecule has 2 aliphatic rings. The fraction of sp³-hybridized carbons (Fsp3) is 0.389. The van der Waals surface area contributed by atoms with E-state index in [1.807, 2.05) is 12.1 Å². The summed E-state index contributed by atoms with van der Waals surface area (Å²) in [5.41, 5.74) is 2.43. The molecule has 2 N–H and O–H groups in total. The van der Waals surface area contributed by atoms with Crippen molar-refractivity contribution in [2.45, 2.75) is 37.6 Å². The molecule has 0 unspecified atom stereocenters. The van der Waals surface area contributed by atoms with E-state index < -0.39 is 6.04 Å². The van der Waals surface area contributed by atoms with Crippen molar-refractivity contribution in [2.24, 2.45) is 0 Å². The van der Waals surface area contributed by atoms with Crippen molar-refractivity contribution in [1.82, 2.24) is 15.6 Å². The molecule has 5 nitrogen and oxygen atoms in total. The summed E-state index contributed by atoms with van der Waals surface area (Å²) < 4.78 is 0. The van der Waals surface area contributed by atoms with Crippen LogP contribution in [0, 0.1) is 0 Å². The molecule has 0 bridgehead atoms. The Balaban J connectivity index is 0.00000182. The molecule has 25 heavy (non-hydrogen) atoms. The molecule has 7 heteroatoms. The number of aromatic nitrogens is 1. The van der Waals surface area contributed by atoms with Crippen LogP contribution in [0.1, 0.15) is 47.5 Å². The second-order valence-corrected chi connectivity index (χ2v) is 6.93. The number of fused-ring (bicyclic) bond motifs is 1. The molecule has 132 valence electrons. The summed E-state index contributed by atoms with van der Waals surface area (Å²) in [5.74, 6) is 0.144. The Morgan fingerprint density at radius 3 is 2.76 bits per heavy atom. The molecule has 0 spiro atoms. The van der Waals surface area contributed by atoms with Crippen molar-refractivity contribution in [3.8, 4) is 0 Å². The largest absolute Gasteiger partial charge is 0.354 e. The maximum Gasteiger partial charge on any atom is 0.253 e. The van der Waals surface area contributed by atoms with Gasteiger partial charge in [-0.25, -0.2) is 0 Å². The zero-order valence-electron chi connectivity index (χ0n) is 13.5. The Labute approximate surface area is 156 Å². The highest BCUT2D eigenvalue weighted by atomic mass is 35.5. The van der Waals surface area contributed by atoms with Crippen LogP contribution < -0.4 is 10.6 Å². The van der Waals surface area contributed by atoms with Crippen molar-refractivity contribution in [2.75, 3.05) is 6.54 Å². The first kappa shape index (κ1) is 18.0. The van der Waals surface area contributed by atoms with Crippen LogP contribution in [0.5, 0.6) is 0 Å². The van der Waals surface area contributed by atoms with Crippen molar-refractivity contribution in [3.05, 3.63) is 40.5 Å². The third kappa shape index (κ3) is 3.72. The van der Waals surface area contributed by atoms with E-state index in [0.717, 1.165) is 27.9 Å². The maximum atomic E-state index is 12.4. The van der Waals surface area contributed by atoms with Gasteiger partial charge in [0.2, 0.25) is 5.91 Å². The van der Waals surface area contributed by atoms with E-state index in [-0.39, 0.29) is 24.2 Å². The summed E-state index contributed by atoms with van der Waals surface area (Å²) in [6.45, 7) is 0.671. The van der Waals surface area contributed by atoms with E-state index in [9.17, 15) is 9.59 Å². The maximum absolute atomic E-state index is 12.4. The number of piperidine rings is 1. The highest BCUT2D eigenvalue weighted by Gasteiger charge is 2.27. The van der Waals surface area contributed by atoms with E-state index in [4.69, 9.17) is 11.6 Å². The molecular weight excluding hydrogens is 361 g/mol. The number of nitrogens with one attached hydrogen (secondary N) is 2. The van der Waals surface area contributed by atoms with Gasteiger partial charge in [0.1, 0.15) is 6.04 Å². The minimum Gasteiger partial charge on any atom is -0.354 e. The minimum atomic E-state index is -0.470. The summed E-state index contributed by atoms with van der Waals surface area (Å²) in [6, 6.07) is 5.21. The lowest BCUT2D eigenvalue weighted by Gasteiger charge is -2.22. The summed E-state index contributed by atoms with van der Waals surface area (Å²) in [4.78, 5) is 28.6. The minimum absolute atomic E-state index is 0. The Hall–Kier alpha value is -1.85. The number of hydrogen-bond donors (Lipinski definition) is 2. The molecule has 2 aromatic rings. The van der Waals surface area contributed by atoms with E-state index in [1.54, 1.807) is 12.3 Å². The average molecular weight is 380 g/mol. The molecule has 4 rings (SSSR count). The Kier molecular flexibility index (Phi) is 5.16. The van der Waals surface area contributed by atoms with E-state index in [1.165, 1.54) is 12.8 Å². The van der Waals surface area contributed by atoms with Gasteiger partial charge >= 0.3 is 0 Å². The monoisotopic (exact) mass is 379 g/mol. The zero-order valence-corrected chi connectivity index (χ0v) is 15.1. The van der Waals surface area contributed by atoms with Gasteiger partial charge in [0, 0.05) is 23.2 Å². The van der Waals surface area contributed by atoms with Crippen LogP contribution in [0.3, 0.4) is 0 Å².